The van der Waals surface area contributed by atoms with E-state index in [2.05, 4.69) is 0 Å². The molecule has 0 N–H and O–H groups in total. The first-order valence-electron chi connectivity index (χ1n) is 5.91. The largest absolute Gasteiger partial charge is 0.449 e. The maximum absolute atomic E-state index is 12.7. The van der Waals surface area contributed by atoms with Gasteiger partial charge in [-0.2, -0.15) is 0 Å². The number of rotatable bonds is 6. The number of nitrogens with zero attached hydrogens (tertiary/aromatic N) is 1. The van der Waals surface area contributed by atoms with Crippen LogP contribution in [0.25, 0.3) is 0 Å². The highest BCUT2D eigenvalue weighted by atomic mass is 32.7. The first-order chi connectivity index (χ1) is 8.03. The van der Waals surface area contributed by atoms with E-state index >= 15 is 0 Å². The third-order valence-corrected chi connectivity index (χ3v) is 7.71. The molecule has 5 nitrogen and oxygen atoms in total. The Morgan fingerprint density at radius 2 is 2.29 bits per heavy atom. The van der Waals surface area contributed by atoms with Crippen LogP contribution in [0.2, 0.25) is 0 Å². The number of amides is 1. The summed E-state index contributed by atoms with van der Waals surface area (Å²) in [6, 6.07) is 0. The molecule has 0 saturated carbocycles. The molecule has 1 heterocycles. The standard InChI is InChI=1S/C10H20NO4PS/c1-4-9(3)17-16(13,15-5-2)11-7-6-8-14-10(11)12/h9H,4-8H2,1-3H3. The van der Waals surface area contributed by atoms with Crippen LogP contribution >= 0.6 is 18.1 Å². The Morgan fingerprint density at radius 3 is 2.82 bits per heavy atom. The van der Waals surface area contributed by atoms with E-state index in [1.807, 2.05) is 13.8 Å². The molecule has 1 fully saturated rings. The van der Waals surface area contributed by atoms with E-state index in [1.165, 1.54) is 16.1 Å². The summed E-state index contributed by atoms with van der Waals surface area (Å²) in [6.45, 7) is 3.79. The Balaban J connectivity index is 2.81. The van der Waals surface area contributed by atoms with Crippen molar-refractivity contribution in [3.63, 3.8) is 0 Å². The van der Waals surface area contributed by atoms with Crippen molar-refractivity contribution in [2.75, 3.05) is 19.8 Å². The zero-order chi connectivity index (χ0) is 12.9. The zero-order valence-electron chi connectivity index (χ0n) is 10.5. The Bertz CT molecular complexity index is 313. The van der Waals surface area contributed by atoms with Gasteiger partial charge in [-0.15, -0.1) is 0 Å². The Labute approximate surface area is 106 Å². The minimum atomic E-state index is -3.15. The molecule has 1 rings (SSSR count). The lowest BCUT2D eigenvalue weighted by Crippen LogP contribution is -2.35. The topological polar surface area (TPSA) is 55.8 Å². The molecule has 0 bridgehead atoms. The van der Waals surface area contributed by atoms with Crippen molar-refractivity contribution in [2.24, 2.45) is 0 Å². The van der Waals surface area contributed by atoms with Crippen LogP contribution in [-0.4, -0.2) is 35.8 Å². The van der Waals surface area contributed by atoms with Gasteiger partial charge in [0.05, 0.1) is 13.2 Å². The second-order valence-corrected chi connectivity index (χ2v) is 8.51. The van der Waals surface area contributed by atoms with Gasteiger partial charge in [-0.1, -0.05) is 13.8 Å². The Kier molecular flexibility index (Phi) is 5.83. The molecular weight excluding hydrogens is 261 g/mol. The number of hydrogen-bond donors (Lipinski definition) is 0. The highest BCUT2D eigenvalue weighted by molar-refractivity contribution is 8.56. The van der Waals surface area contributed by atoms with Crippen molar-refractivity contribution in [2.45, 2.75) is 38.9 Å². The summed E-state index contributed by atoms with van der Waals surface area (Å²) in [4.78, 5) is 11.6. The molecule has 7 heteroatoms. The van der Waals surface area contributed by atoms with Gasteiger partial charge in [0.25, 0.3) is 0 Å². The van der Waals surface area contributed by atoms with Gasteiger partial charge in [0.1, 0.15) is 0 Å². The summed E-state index contributed by atoms with van der Waals surface area (Å²) < 4.78 is 24.2. The average molecular weight is 281 g/mol. The van der Waals surface area contributed by atoms with Crippen LogP contribution < -0.4 is 0 Å². The van der Waals surface area contributed by atoms with Gasteiger partial charge in [0, 0.05) is 11.8 Å². The smallest absolute Gasteiger partial charge is 0.417 e. The van der Waals surface area contributed by atoms with E-state index in [0.29, 0.717) is 26.2 Å². The van der Waals surface area contributed by atoms with Crippen molar-refractivity contribution in [1.82, 2.24) is 4.67 Å². The van der Waals surface area contributed by atoms with E-state index in [4.69, 9.17) is 9.26 Å². The maximum Gasteiger partial charge on any atom is 0.417 e. The Hall–Kier alpha value is -0.190. The molecule has 0 aliphatic carbocycles. The predicted molar refractivity (Wildman–Crippen MR) is 69.2 cm³/mol. The molecule has 2 atom stereocenters. The number of ether oxygens (including phenoxy) is 1. The average Bonchev–Trinajstić information content (AvgIpc) is 2.29. The molecule has 0 aromatic carbocycles. The van der Waals surface area contributed by atoms with Crippen LogP contribution in [0.3, 0.4) is 0 Å². The molecular formula is C10H20NO4PS. The van der Waals surface area contributed by atoms with Crippen LogP contribution in [0.4, 0.5) is 4.79 Å². The van der Waals surface area contributed by atoms with Crippen molar-refractivity contribution >= 4 is 24.2 Å². The fourth-order valence-corrected chi connectivity index (χ4v) is 6.37. The van der Waals surface area contributed by atoms with Crippen LogP contribution in [0.1, 0.15) is 33.6 Å². The predicted octanol–water partition coefficient (Wildman–Crippen LogP) is 3.51. The maximum atomic E-state index is 12.7. The minimum Gasteiger partial charge on any atom is -0.449 e. The van der Waals surface area contributed by atoms with E-state index in [-0.39, 0.29) is 5.25 Å². The monoisotopic (exact) mass is 281 g/mol. The zero-order valence-corrected chi connectivity index (χ0v) is 12.3. The molecule has 0 aromatic rings. The highest BCUT2D eigenvalue weighted by Crippen LogP contribution is 2.64. The number of carbonyl (C=O) groups excluding carboxylic acids is 1. The molecule has 1 aliphatic heterocycles. The van der Waals surface area contributed by atoms with Gasteiger partial charge in [-0.3, -0.25) is 4.57 Å². The first-order valence-corrected chi connectivity index (χ1v) is 8.97. The molecule has 1 aliphatic rings. The van der Waals surface area contributed by atoms with Crippen molar-refractivity contribution in [1.29, 1.82) is 0 Å². The summed E-state index contributed by atoms with van der Waals surface area (Å²) in [5, 5.41) is 0.183. The molecule has 100 valence electrons. The van der Waals surface area contributed by atoms with Gasteiger partial charge >= 0.3 is 12.8 Å². The third kappa shape index (κ3) is 3.90. The van der Waals surface area contributed by atoms with E-state index in [1.54, 1.807) is 6.92 Å². The van der Waals surface area contributed by atoms with Gasteiger partial charge in [-0.05, 0) is 31.1 Å². The van der Waals surface area contributed by atoms with Crippen LogP contribution in [-0.2, 0) is 13.8 Å². The summed E-state index contributed by atoms with van der Waals surface area (Å²) in [6.07, 6.45) is 1.05. The summed E-state index contributed by atoms with van der Waals surface area (Å²) in [7, 11) is 0. The van der Waals surface area contributed by atoms with Crippen LogP contribution in [0, 0.1) is 0 Å². The van der Waals surface area contributed by atoms with Crippen molar-refractivity contribution < 1.29 is 18.6 Å². The first kappa shape index (κ1) is 14.9. The van der Waals surface area contributed by atoms with Gasteiger partial charge in [0.2, 0.25) is 0 Å². The second-order valence-electron chi connectivity index (χ2n) is 3.80. The van der Waals surface area contributed by atoms with Gasteiger partial charge in [-0.25, -0.2) is 9.46 Å². The summed E-state index contributed by atoms with van der Waals surface area (Å²) in [5.74, 6) is 0. The summed E-state index contributed by atoms with van der Waals surface area (Å²) >= 11 is 1.24. The minimum absolute atomic E-state index is 0.183. The Morgan fingerprint density at radius 1 is 1.59 bits per heavy atom. The van der Waals surface area contributed by atoms with Gasteiger partial charge < -0.3 is 9.26 Å². The lowest BCUT2D eigenvalue weighted by molar-refractivity contribution is 0.0960. The van der Waals surface area contributed by atoms with E-state index in [0.717, 1.165) is 6.42 Å². The van der Waals surface area contributed by atoms with E-state index in [9.17, 15) is 9.36 Å². The molecule has 17 heavy (non-hydrogen) atoms. The molecule has 1 amide bonds. The van der Waals surface area contributed by atoms with Crippen molar-refractivity contribution in [3.05, 3.63) is 0 Å². The third-order valence-electron chi connectivity index (χ3n) is 2.43. The number of hydrogen-bond acceptors (Lipinski definition) is 5. The fourth-order valence-electron chi connectivity index (χ4n) is 1.38. The quantitative estimate of drug-likeness (QED) is 0.697. The highest BCUT2D eigenvalue weighted by Gasteiger charge is 2.40. The van der Waals surface area contributed by atoms with E-state index < -0.39 is 12.8 Å². The normalized spacial score (nSPS) is 21.8. The fraction of sp³-hybridized carbons (Fsp3) is 0.900. The van der Waals surface area contributed by atoms with Gasteiger partial charge in [0.15, 0.2) is 0 Å². The van der Waals surface area contributed by atoms with Crippen LogP contribution in [0.5, 0.6) is 0 Å². The lowest BCUT2D eigenvalue weighted by atomic mass is 10.4. The SMILES string of the molecule is CCOP(=O)(SC(C)CC)N1CCCOC1=O. The second kappa shape index (κ2) is 6.66. The molecule has 1 saturated heterocycles. The molecule has 0 aromatic heterocycles. The lowest BCUT2D eigenvalue weighted by Gasteiger charge is -2.33. The molecule has 2 unspecified atom stereocenters. The van der Waals surface area contributed by atoms with Crippen LogP contribution in [0.15, 0.2) is 0 Å². The summed E-state index contributed by atoms with van der Waals surface area (Å²) in [5.41, 5.74) is 0. The number of cyclic esters (lactones) is 1. The number of carbonyl (C=O) groups is 1. The molecule has 0 radical (unpaired) electrons. The van der Waals surface area contributed by atoms with Crippen molar-refractivity contribution in [3.8, 4) is 0 Å². The molecule has 0 spiro atoms.